The van der Waals surface area contributed by atoms with Gasteiger partial charge in [-0.05, 0) is 36.6 Å². The minimum Gasteiger partial charge on any atom is -0.379 e. The molecule has 0 aromatic heterocycles. The smallest absolute Gasteiger partial charge is 0.127 e. The molecule has 2 N–H and O–H groups in total. The fourth-order valence-corrected chi connectivity index (χ4v) is 2.68. The second-order valence-corrected chi connectivity index (χ2v) is 5.62. The number of hydrogen-bond acceptors (Lipinski definition) is 2. The highest BCUT2D eigenvalue weighted by molar-refractivity contribution is 5.33. The first-order valence-electron chi connectivity index (χ1n) is 6.16. The fourth-order valence-electron chi connectivity index (χ4n) is 2.68. The van der Waals surface area contributed by atoms with Crippen LogP contribution in [-0.4, -0.2) is 19.8 Å². The fraction of sp³-hybridized carbons (Fsp3) is 0.571. The summed E-state index contributed by atoms with van der Waals surface area (Å²) in [4.78, 5) is 0. The molecule has 0 aliphatic carbocycles. The van der Waals surface area contributed by atoms with Gasteiger partial charge in [0, 0.05) is 5.56 Å². The van der Waals surface area contributed by atoms with Gasteiger partial charge in [0.05, 0.1) is 18.6 Å². The predicted molar refractivity (Wildman–Crippen MR) is 66.3 cm³/mol. The third-order valence-corrected chi connectivity index (χ3v) is 4.21. The van der Waals surface area contributed by atoms with Crippen LogP contribution in [0.1, 0.15) is 25.8 Å². The summed E-state index contributed by atoms with van der Waals surface area (Å²) in [5.41, 5.74) is 5.34. The molecule has 0 amide bonds. The van der Waals surface area contributed by atoms with E-state index in [9.17, 15) is 8.78 Å². The average molecular weight is 255 g/mol. The van der Waals surface area contributed by atoms with Gasteiger partial charge in [-0.25, -0.2) is 8.78 Å². The van der Waals surface area contributed by atoms with E-state index in [2.05, 4.69) is 0 Å². The molecule has 1 aromatic rings. The second kappa shape index (κ2) is 4.59. The Morgan fingerprint density at radius 1 is 1.33 bits per heavy atom. The molecule has 0 saturated carbocycles. The molecule has 1 aromatic carbocycles. The minimum atomic E-state index is -0.474. The van der Waals surface area contributed by atoms with Crippen LogP contribution in [0, 0.1) is 17.0 Å². The third kappa shape index (κ3) is 1.93. The van der Waals surface area contributed by atoms with Crippen LogP contribution in [0.4, 0.5) is 8.78 Å². The van der Waals surface area contributed by atoms with Crippen molar-refractivity contribution >= 4 is 0 Å². The number of halogens is 2. The van der Waals surface area contributed by atoms with Crippen LogP contribution in [0.25, 0.3) is 0 Å². The lowest BCUT2D eigenvalue weighted by molar-refractivity contribution is -0.122. The molecule has 100 valence electrons. The summed E-state index contributed by atoms with van der Waals surface area (Å²) in [6, 6.07) is 3.61. The van der Waals surface area contributed by atoms with Crippen LogP contribution in [0.15, 0.2) is 18.2 Å². The Hall–Kier alpha value is -1.00. The van der Waals surface area contributed by atoms with Crippen LogP contribution in [0.3, 0.4) is 0 Å². The van der Waals surface area contributed by atoms with Crippen molar-refractivity contribution in [1.82, 2.24) is 0 Å². The summed E-state index contributed by atoms with van der Waals surface area (Å²) < 4.78 is 32.7. The Morgan fingerprint density at radius 2 is 2.00 bits per heavy atom. The monoisotopic (exact) mass is 255 g/mol. The highest BCUT2D eigenvalue weighted by atomic mass is 19.1. The molecular formula is C14H19F2NO. The minimum absolute atomic E-state index is 0.228. The van der Waals surface area contributed by atoms with E-state index in [-0.39, 0.29) is 11.2 Å². The van der Waals surface area contributed by atoms with Crippen molar-refractivity contribution in [3.63, 3.8) is 0 Å². The quantitative estimate of drug-likeness (QED) is 0.897. The second-order valence-electron chi connectivity index (χ2n) is 5.62. The average Bonchev–Trinajstić information content (AvgIpc) is 2.21. The molecule has 1 heterocycles. The number of rotatable bonds is 4. The SMILES string of the molecule is CC(C)(CCN)C1(c2cc(F)ccc2F)COC1. The Labute approximate surface area is 106 Å². The normalized spacial score (nSPS) is 18.5. The largest absolute Gasteiger partial charge is 0.379 e. The highest BCUT2D eigenvalue weighted by Gasteiger charge is 2.52. The summed E-state index contributed by atoms with van der Waals surface area (Å²) in [6.45, 7) is 5.42. The van der Waals surface area contributed by atoms with Gasteiger partial charge in [0.15, 0.2) is 0 Å². The van der Waals surface area contributed by atoms with Crippen molar-refractivity contribution < 1.29 is 13.5 Å². The van der Waals surface area contributed by atoms with Gasteiger partial charge in [-0.3, -0.25) is 0 Å². The molecule has 1 saturated heterocycles. The molecule has 0 atom stereocenters. The molecule has 18 heavy (non-hydrogen) atoms. The molecule has 0 spiro atoms. The Bertz CT molecular complexity index is 441. The number of benzene rings is 1. The van der Waals surface area contributed by atoms with Crippen molar-refractivity contribution in [3.05, 3.63) is 35.4 Å². The van der Waals surface area contributed by atoms with Gasteiger partial charge in [-0.2, -0.15) is 0 Å². The molecule has 0 bridgehead atoms. The van der Waals surface area contributed by atoms with E-state index in [0.717, 1.165) is 12.5 Å². The van der Waals surface area contributed by atoms with Crippen molar-refractivity contribution in [2.45, 2.75) is 25.7 Å². The zero-order valence-electron chi connectivity index (χ0n) is 10.8. The van der Waals surface area contributed by atoms with Gasteiger partial charge in [-0.1, -0.05) is 13.8 Å². The van der Waals surface area contributed by atoms with E-state index in [1.165, 1.54) is 12.1 Å². The van der Waals surface area contributed by atoms with Gasteiger partial charge in [-0.15, -0.1) is 0 Å². The Kier molecular flexibility index (Phi) is 3.43. The van der Waals surface area contributed by atoms with Gasteiger partial charge in [0.2, 0.25) is 0 Å². The first kappa shape index (κ1) is 13.4. The molecule has 1 aliphatic rings. The van der Waals surface area contributed by atoms with Gasteiger partial charge >= 0.3 is 0 Å². The highest BCUT2D eigenvalue weighted by Crippen LogP contribution is 2.49. The lowest BCUT2D eigenvalue weighted by Gasteiger charge is -2.53. The topological polar surface area (TPSA) is 35.2 Å². The molecule has 0 radical (unpaired) electrons. The van der Waals surface area contributed by atoms with E-state index in [1.54, 1.807) is 0 Å². The van der Waals surface area contributed by atoms with Gasteiger partial charge in [0.25, 0.3) is 0 Å². The zero-order valence-corrected chi connectivity index (χ0v) is 10.8. The maximum atomic E-state index is 14.0. The maximum absolute atomic E-state index is 14.0. The van der Waals surface area contributed by atoms with Crippen LogP contribution in [0.2, 0.25) is 0 Å². The summed E-state index contributed by atoms with van der Waals surface area (Å²) in [5.74, 6) is -0.786. The van der Waals surface area contributed by atoms with E-state index in [1.807, 2.05) is 13.8 Å². The van der Waals surface area contributed by atoms with Crippen molar-refractivity contribution in [3.8, 4) is 0 Å². The Morgan fingerprint density at radius 3 is 2.50 bits per heavy atom. The third-order valence-electron chi connectivity index (χ3n) is 4.21. The first-order chi connectivity index (χ1) is 8.43. The van der Waals surface area contributed by atoms with Crippen molar-refractivity contribution in [2.75, 3.05) is 19.8 Å². The lowest BCUT2D eigenvalue weighted by Crippen LogP contribution is -2.57. The van der Waals surface area contributed by atoms with Gasteiger partial charge in [0.1, 0.15) is 11.6 Å². The summed E-state index contributed by atoms with van der Waals surface area (Å²) in [5, 5.41) is 0. The molecule has 2 nitrogen and oxygen atoms in total. The zero-order chi connectivity index (χ0) is 13.4. The molecular weight excluding hydrogens is 236 g/mol. The van der Waals surface area contributed by atoms with Crippen LogP contribution in [0.5, 0.6) is 0 Å². The maximum Gasteiger partial charge on any atom is 0.127 e. The number of ether oxygens (including phenoxy) is 1. The summed E-state index contributed by atoms with van der Waals surface area (Å²) in [6.07, 6.45) is 0.742. The van der Waals surface area contributed by atoms with E-state index >= 15 is 0 Å². The van der Waals surface area contributed by atoms with Gasteiger partial charge < -0.3 is 10.5 Å². The van der Waals surface area contributed by atoms with E-state index in [0.29, 0.717) is 25.3 Å². The molecule has 1 fully saturated rings. The molecule has 1 aliphatic heterocycles. The van der Waals surface area contributed by atoms with Crippen molar-refractivity contribution in [2.24, 2.45) is 11.1 Å². The standard InChI is InChI=1S/C14H19F2NO/c1-13(2,5-6-17)14(8-18-9-14)11-7-10(15)3-4-12(11)16/h3-4,7H,5-6,8-9,17H2,1-2H3. The summed E-state index contributed by atoms with van der Waals surface area (Å²) in [7, 11) is 0. The molecule has 2 rings (SSSR count). The Balaban J connectivity index is 2.47. The van der Waals surface area contributed by atoms with Crippen LogP contribution in [-0.2, 0) is 10.2 Å². The summed E-state index contributed by atoms with van der Waals surface area (Å²) >= 11 is 0. The van der Waals surface area contributed by atoms with Crippen molar-refractivity contribution in [1.29, 1.82) is 0 Å². The molecule has 0 unspecified atom stereocenters. The first-order valence-corrected chi connectivity index (χ1v) is 6.16. The molecule has 4 heteroatoms. The number of hydrogen-bond donors (Lipinski definition) is 1. The predicted octanol–water partition coefficient (Wildman–Crippen LogP) is 2.61. The van der Waals surface area contributed by atoms with Crippen LogP contribution >= 0.6 is 0 Å². The number of nitrogens with two attached hydrogens (primary N) is 1. The lowest BCUT2D eigenvalue weighted by atomic mass is 9.59. The van der Waals surface area contributed by atoms with E-state index in [4.69, 9.17) is 10.5 Å². The van der Waals surface area contributed by atoms with E-state index < -0.39 is 11.2 Å². The van der Waals surface area contributed by atoms with Crippen LogP contribution < -0.4 is 5.73 Å².